The topological polar surface area (TPSA) is 69.6 Å². The first-order valence-electron chi connectivity index (χ1n) is 5.95. The van der Waals surface area contributed by atoms with Gasteiger partial charge in [0, 0.05) is 5.69 Å². The minimum absolute atomic E-state index is 0.631. The molecule has 5 nitrogen and oxygen atoms in total. The van der Waals surface area contributed by atoms with Crippen LogP contribution in [0.4, 0.5) is 5.69 Å². The molecule has 0 unspecified atom stereocenters. The van der Waals surface area contributed by atoms with Crippen molar-refractivity contribution in [3.8, 4) is 17.2 Å². The van der Waals surface area contributed by atoms with Gasteiger partial charge in [0.25, 0.3) is 0 Å². The Morgan fingerprint density at radius 2 is 1.79 bits per heavy atom. The van der Waals surface area contributed by atoms with Gasteiger partial charge in [-0.15, -0.1) is 10.2 Å². The number of nitrogens with zero attached hydrogens (tertiary/aromatic N) is 4. The monoisotopic (exact) mass is 251 g/mol. The minimum Gasteiger partial charge on any atom is -0.397 e. The number of hydrogen-bond acceptors (Lipinski definition) is 4. The lowest BCUT2D eigenvalue weighted by Gasteiger charge is -2.08. The SMILES string of the molecule is Cc1nnc(-c2ccc(N)cn2)n1-c1ccccc1. The van der Waals surface area contributed by atoms with Crippen LogP contribution >= 0.6 is 0 Å². The van der Waals surface area contributed by atoms with Crippen molar-refractivity contribution >= 4 is 5.69 Å². The third kappa shape index (κ3) is 2.06. The van der Waals surface area contributed by atoms with E-state index in [1.54, 1.807) is 6.20 Å². The average molecular weight is 251 g/mol. The van der Waals surface area contributed by atoms with Gasteiger partial charge in [0.15, 0.2) is 5.82 Å². The first kappa shape index (κ1) is 11.4. The summed E-state index contributed by atoms with van der Waals surface area (Å²) in [6.07, 6.45) is 1.62. The number of benzene rings is 1. The van der Waals surface area contributed by atoms with Crippen molar-refractivity contribution in [3.63, 3.8) is 0 Å². The molecule has 0 fully saturated rings. The highest BCUT2D eigenvalue weighted by atomic mass is 15.3. The maximum absolute atomic E-state index is 5.65. The smallest absolute Gasteiger partial charge is 0.187 e. The zero-order chi connectivity index (χ0) is 13.2. The highest BCUT2D eigenvalue weighted by Gasteiger charge is 2.13. The Balaban J connectivity index is 2.16. The number of hydrogen-bond donors (Lipinski definition) is 1. The number of anilines is 1. The summed E-state index contributed by atoms with van der Waals surface area (Å²) in [5, 5.41) is 8.34. The zero-order valence-corrected chi connectivity index (χ0v) is 10.5. The van der Waals surface area contributed by atoms with E-state index >= 15 is 0 Å². The molecule has 0 spiro atoms. The van der Waals surface area contributed by atoms with E-state index in [0.29, 0.717) is 11.5 Å². The second kappa shape index (κ2) is 4.53. The molecule has 94 valence electrons. The van der Waals surface area contributed by atoms with E-state index < -0.39 is 0 Å². The maximum Gasteiger partial charge on any atom is 0.187 e. The van der Waals surface area contributed by atoms with E-state index in [1.165, 1.54) is 0 Å². The first-order valence-corrected chi connectivity index (χ1v) is 5.95. The molecule has 0 bridgehead atoms. The summed E-state index contributed by atoms with van der Waals surface area (Å²) in [5.41, 5.74) is 8.05. The molecule has 2 heterocycles. The van der Waals surface area contributed by atoms with Crippen LogP contribution in [0.2, 0.25) is 0 Å². The van der Waals surface area contributed by atoms with E-state index in [-0.39, 0.29) is 0 Å². The van der Waals surface area contributed by atoms with E-state index in [0.717, 1.165) is 17.2 Å². The van der Waals surface area contributed by atoms with Gasteiger partial charge in [0.2, 0.25) is 0 Å². The number of rotatable bonds is 2. The molecule has 1 aromatic carbocycles. The third-order valence-corrected chi connectivity index (χ3v) is 2.85. The summed E-state index contributed by atoms with van der Waals surface area (Å²) >= 11 is 0. The number of aryl methyl sites for hydroxylation is 1. The summed E-state index contributed by atoms with van der Waals surface area (Å²) in [4.78, 5) is 4.30. The Bertz CT molecular complexity index is 686. The van der Waals surface area contributed by atoms with Crippen molar-refractivity contribution in [2.45, 2.75) is 6.92 Å². The lowest BCUT2D eigenvalue weighted by atomic mass is 10.3. The molecule has 0 saturated heterocycles. The Morgan fingerprint density at radius 3 is 2.47 bits per heavy atom. The third-order valence-electron chi connectivity index (χ3n) is 2.85. The van der Waals surface area contributed by atoms with Crippen molar-refractivity contribution in [2.75, 3.05) is 5.73 Å². The van der Waals surface area contributed by atoms with E-state index in [1.807, 2.05) is 54.0 Å². The number of nitrogens with two attached hydrogens (primary N) is 1. The molecule has 5 heteroatoms. The van der Waals surface area contributed by atoms with Crippen LogP contribution in [0.5, 0.6) is 0 Å². The van der Waals surface area contributed by atoms with Gasteiger partial charge >= 0.3 is 0 Å². The molecule has 0 aliphatic rings. The largest absolute Gasteiger partial charge is 0.397 e. The van der Waals surface area contributed by atoms with E-state index in [2.05, 4.69) is 15.2 Å². The zero-order valence-electron chi connectivity index (χ0n) is 10.5. The van der Waals surface area contributed by atoms with Gasteiger partial charge in [-0.25, -0.2) is 0 Å². The molecule has 3 rings (SSSR count). The molecular formula is C14H13N5. The summed E-state index contributed by atoms with van der Waals surface area (Å²) < 4.78 is 1.97. The van der Waals surface area contributed by atoms with Crippen molar-refractivity contribution in [1.82, 2.24) is 19.7 Å². The molecule has 0 saturated carbocycles. The lowest BCUT2D eigenvalue weighted by Crippen LogP contribution is -2.00. The van der Waals surface area contributed by atoms with Crippen LogP contribution in [0, 0.1) is 6.92 Å². The standard InChI is InChI=1S/C14H13N5/c1-10-17-18-14(13-8-7-11(15)9-16-13)19(10)12-5-3-2-4-6-12/h2-9H,15H2,1H3. The quantitative estimate of drug-likeness (QED) is 0.758. The number of aromatic nitrogens is 4. The predicted molar refractivity (Wildman–Crippen MR) is 73.7 cm³/mol. The van der Waals surface area contributed by atoms with Crippen LogP contribution in [0.3, 0.4) is 0 Å². The molecular weight excluding hydrogens is 238 g/mol. The fourth-order valence-electron chi connectivity index (χ4n) is 1.95. The first-order chi connectivity index (χ1) is 9.25. The van der Waals surface area contributed by atoms with Crippen LogP contribution in [-0.4, -0.2) is 19.7 Å². The number of pyridine rings is 1. The van der Waals surface area contributed by atoms with Crippen molar-refractivity contribution in [1.29, 1.82) is 0 Å². The molecule has 0 atom stereocenters. The predicted octanol–water partition coefficient (Wildman–Crippen LogP) is 2.22. The van der Waals surface area contributed by atoms with Crippen LogP contribution in [0.15, 0.2) is 48.7 Å². The van der Waals surface area contributed by atoms with Crippen LogP contribution in [0.1, 0.15) is 5.82 Å². The average Bonchev–Trinajstić information content (AvgIpc) is 2.82. The normalized spacial score (nSPS) is 10.6. The van der Waals surface area contributed by atoms with Crippen LogP contribution in [-0.2, 0) is 0 Å². The maximum atomic E-state index is 5.65. The minimum atomic E-state index is 0.631. The molecule has 0 aliphatic heterocycles. The lowest BCUT2D eigenvalue weighted by molar-refractivity contribution is 0.970. The highest BCUT2D eigenvalue weighted by molar-refractivity contribution is 5.56. The second-order valence-corrected chi connectivity index (χ2v) is 4.22. The van der Waals surface area contributed by atoms with Crippen LogP contribution < -0.4 is 5.73 Å². The Morgan fingerprint density at radius 1 is 1.00 bits per heavy atom. The fourth-order valence-corrected chi connectivity index (χ4v) is 1.95. The van der Waals surface area contributed by atoms with Crippen molar-refractivity contribution in [2.24, 2.45) is 0 Å². The Kier molecular flexibility index (Phi) is 2.72. The summed E-state index contributed by atoms with van der Waals surface area (Å²) in [5.74, 6) is 1.53. The van der Waals surface area contributed by atoms with Crippen LogP contribution in [0.25, 0.3) is 17.2 Å². The van der Waals surface area contributed by atoms with Gasteiger partial charge < -0.3 is 5.73 Å². The fraction of sp³-hybridized carbons (Fsp3) is 0.0714. The van der Waals surface area contributed by atoms with Gasteiger partial charge in [0.05, 0.1) is 11.9 Å². The summed E-state index contributed by atoms with van der Waals surface area (Å²) in [6.45, 7) is 1.92. The molecule has 2 aromatic heterocycles. The summed E-state index contributed by atoms with van der Waals surface area (Å²) in [7, 11) is 0. The molecule has 0 amide bonds. The number of para-hydroxylation sites is 1. The molecule has 19 heavy (non-hydrogen) atoms. The molecule has 2 N–H and O–H groups in total. The molecule has 0 aliphatic carbocycles. The van der Waals surface area contributed by atoms with Gasteiger partial charge in [-0.2, -0.15) is 0 Å². The van der Waals surface area contributed by atoms with E-state index in [4.69, 9.17) is 5.73 Å². The van der Waals surface area contributed by atoms with Crippen molar-refractivity contribution < 1.29 is 0 Å². The number of nitrogen functional groups attached to an aromatic ring is 1. The van der Waals surface area contributed by atoms with Crippen molar-refractivity contribution in [3.05, 3.63) is 54.5 Å². The molecule has 3 aromatic rings. The van der Waals surface area contributed by atoms with Gasteiger partial charge in [0.1, 0.15) is 11.5 Å². The summed E-state index contributed by atoms with van der Waals surface area (Å²) in [6, 6.07) is 13.6. The van der Waals surface area contributed by atoms with Gasteiger partial charge in [-0.3, -0.25) is 9.55 Å². The Hall–Kier alpha value is -2.69. The molecule has 0 radical (unpaired) electrons. The van der Waals surface area contributed by atoms with E-state index in [9.17, 15) is 0 Å². The van der Waals surface area contributed by atoms with Gasteiger partial charge in [-0.1, -0.05) is 18.2 Å². The second-order valence-electron chi connectivity index (χ2n) is 4.22. The Labute approximate surface area is 110 Å². The highest BCUT2D eigenvalue weighted by Crippen LogP contribution is 2.21. The van der Waals surface area contributed by atoms with Gasteiger partial charge in [-0.05, 0) is 31.2 Å².